The van der Waals surface area contributed by atoms with E-state index in [0.717, 1.165) is 22.9 Å². The van der Waals surface area contributed by atoms with Crippen molar-refractivity contribution in [2.24, 2.45) is 0 Å². The Morgan fingerprint density at radius 3 is 2.75 bits per heavy atom. The number of carbonyl (C=O) groups is 1. The average Bonchev–Trinajstić information content (AvgIpc) is 3.20. The fourth-order valence-electron chi connectivity index (χ4n) is 2.85. The molecule has 1 aromatic carbocycles. The largest absolute Gasteiger partial charge is 0.478 e. The Kier molecular flexibility index (Phi) is 6.49. The first-order chi connectivity index (χ1) is 13.4. The number of rotatable bonds is 8. The number of aromatic nitrogens is 1. The van der Waals surface area contributed by atoms with E-state index in [1.54, 1.807) is 25.3 Å². The molecule has 6 nitrogen and oxygen atoms in total. The molecule has 1 aromatic heterocycles. The lowest BCUT2D eigenvalue weighted by atomic mass is 9.85. The van der Waals surface area contributed by atoms with E-state index >= 15 is 0 Å². The van der Waals surface area contributed by atoms with Crippen molar-refractivity contribution in [2.45, 2.75) is 30.1 Å². The van der Waals surface area contributed by atoms with E-state index in [1.165, 1.54) is 6.26 Å². The summed E-state index contributed by atoms with van der Waals surface area (Å²) >= 11 is 7.12. The van der Waals surface area contributed by atoms with Gasteiger partial charge in [0, 0.05) is 30.4 Å². The van der Waals surface area contributed by atoms with Gasteiger partial charge in [-0.25, -0.2) is 4.79 Å². The second-order valence-corrected chi connectivity index (χ2v) is 7.78. The molecule has 1 aliphatic carbocycles. The van der Waals surface area contributed by atoms with Gasteiger partial charge in [0.15, 0.2) is 0 Å². The van der Waals surface area contributed by atoms with E-state index < -0.39 is 17.0 Å². The van der Waals surface area contributed by atoms with Gasteiger partial charge in [0.2, 0.25) is 5.44 Å². The number of thioether (sulfide) groups is 1. The lowest BCUT2D eigenvalue weighted by Crippen LogP contribution is -2.30. The van der Waals surface area contributed by atoms with Crippen molar-refractivity contribution in [2.75, 3.05) is 7.11 Å². The van der Waals surface area contributed by atoms with Crippen molar-refractivity contribution in [1.29, 1.82) is 0 Å². The third-order valence-electron chi connectivity index (χ3n) is 4.47. The summed E-state index contributed by atoms with van der Waals surface area (Å²) in [7, 11) is 1.62. The Bertz CT molecular complexity index is 879. The minimum absolute atomic E-state index is 0.357. The molecule has 2 atom stereocenters. The molecule has 3 rings (SSSR count). The smallest absolute Gasteiger partial charge is 0.355 e. The van der Waals surface area contributed by atoms with Crippen LogP contribution in [0.25, 0.3) is 0 Å². The van der Waals surface area contributed by atoms with Gasteiger partial charge < -0.3 is 19.1 Å². The first-order valence-electron chi connectivity index (χ1n) is 8.55. The maximum Gasteiger partial charge on any atom is 0.355 e. The summed E-state index contributed by atoms with van der Waals surface area (Å²) in [5.74, 6) is -0.235. The average molecular weight is 422 g/mol. The fraction of sp³-hybridized carbons (Fsp3) is 0.300. The molecular weight excluding hydrogens is 402 g/mol. The van der Waals surface area contributed by atoms with Gasteiger partial charge in [-0.15, -0.1) is 0 Å². The van der Waals surface area contributed by atoms with Crippen LogP contribution in [0, 0.1) is 0 Å². The summed E-state index contributed by atoms with van der Waals surface area (Å²) in [6, 6.07) is 9.06. The van der Waals surface area contributed by atoms with Crippen molar-refractivity contribution >= 4 is 29.3 Å². The van der Waals surface area contributed by atoms with Gasteiger partial charge in [-0.2, -0.15) is 0 Å². The number of benzene rings is 1. The summed E-state index contributed by atoms with van der Waals surface area (Å²) in [5.41, 5.74) is 0.571. The van der Waals surface area contributed by atoms with Gasteiger partial charge in [-0.3, -0.25) is 0 Å². The zero-order valence-corrected chi connectivity index (χ0v) is 17.0. The molecule has 0 fully saturated rings. The number of hydrogen-bond acceptors (Lipinski definition) is 6. The zero-order valence-electron chi connectivity index (χ0n) is 15.4. The predicted molar refractivity (Wildman–Crippen MR) is 107 cm³/mol. The van der Waals surface area contributed by atoms with Gasteiger partial charge in [-0.1, -0.05) is 46.7 Å². The first-order valence-corrected chi connectivity index (χ1v) is 9.98. The lowest BCUT2D eigenvalue weighted by Gasteiger charge is -2.33. The highest BCUT2D eigenvalue weighted by atomic mass is 35.5. The molecule has 0 saturated heterocycles. The van der Waals surface area contributed by atoms with Crippen LogP contribution >= 0.6 is 23.4 Å². The minimum atomic E-state index is -1.09. The van der Waals surface area contributed by atoms with Crippen molar-refractivity contribution in [3.63, 3.8) is 0 Å². The maximum absolute atomic E-state index is 11.7. The standard InChI is InChI=1S/C20H20ClNO5S/c1-13-7-9-20(25-2,14-3-5-15(21)6-4-14)11-17(13)27-19(18(23)24)28-12-16-8-10-26-22-16/h3-8,10-11,19H,9,12H2,1-2H3,(H,23,24). The molecule has 2 unspecified atom stereocenters. The number of carboxylic acids is 1. The highest BCUT2D eigenvalue weighted by Gasteiger charge is 2.34. The maximum atomic E-state index is 11.7. The molecular formula is C20H20ClNO5S. The normalized spacial score (nSPS) is 20.2. The van der Waals surface area contributed by atoms with E-state index in [9.17, 15) is 9.90 Å². The van der Waals surface area contributed by atoms with Crippen LogP contribution in [0.4, 0.5) is 0 Å². The highest BCUT2D eigenvalue weighted by molar-refractivity contribution is 7.99. The van der Waals surface area contributed by atoms with Crippen LogP contribution in [0.15, 0.2) is 64.6 Å². The van der Waals surface area contributed by atoms with Crippen LogP contribution in [0.3, 0.4) is 0 Å². The Labute approximate surface area is 172 Å². The molecule has 1 N–H and O–H groups in total. The summed E-state index contributed by atoms with van der Waals surface area (Å²) in [6.45, 7) is 1.88. The third kappa shape index (κ3) is 4.60. The van der Waals surface area contributed by atoms with Gasteiger partial charge >= 0.3 is 5.97 Å². The summed E-state index contributed by atoms with van der Waals surface area (Å²) < 4.78 is 16.5. The van der Waals surface area contributed by atoms with Crippen LogP contribution in [0.2, 0.25) is 5.02 Å². The van der Waals surface area contributed by atoms with Crippen LogP contribution in [-0.4, -0.2) is 28.8 Å². The Hall–Kier alpha value is -2.22. The van der Waals surface area contributed by atoms with Crippen molar-refractivity contribution in [1.82, 2.24) is 5.16 Å². The van der Waals surface area contributed by atoms with E-state index in [0.29, 0.717) is 28.6 Å². The van der Waals surface area contributed by atoms with Gasteiger partial charge in [-0.05, 0) is 36.3 Å². The Morgan fingerprint density at radius 1 is 1.39 bits per heavy atom. The summed E-state index contributed by atoms with van der Waals surface area (Å²) in [6.07, 6.45) is 5.86. The second-order valence-electron chi connectivity index (χ2n) is 6.29. The number of ether oxygens (including phenoxy) is 2. The SMILES string of the molecule is COC1(c2ccc(Cl)cc2)C=C(OC(SCc2ccon2)C(=O)O)C(C)=CC1. The lowest BCUT2D eigenvalue weighted by molar-refractivity contribution is -0.142. The van der Waals surface area contributed by atoms with Crippen molar-refractivity contribution in [3.05, 3.63) is 76.4 Å². The number of aliphatic carboxylic acids is 1. The Balaban J connectivity index is 1.83. The van der Waals surface area contributed by atoms with E-state index in [-0.39, 0.29) is 0 Å². The second kappa shape index (κ2) is 8.86. The summed E-state index contributed by atoms with van der Waals surface area (Å²) in [5, 5.41) is 14.0. The molecule has 0 saturated carbocycles. The van der Waals surface area contributed by atoms with E-state index in [1.807, 2.05) is 31.2 Å². The number of hydrogen-bond donors (Lipinski definition) is 1. The van der Waals surface area contributed by atoms with E-state index in [2.05, 4.69) is 5.16 Å². The van der Waals surface area contributed by atoms with Crippen molar-refractivity contribution < 1.29 is 23.9 Å². The molecule has 8 heteroatoms. The molecule has 0 bridgehead atoms. The monoisotopic (exact) mass is 421 g/mol. The van der Waals surface area contributed by atoms with Crippen LogP contribution in [-0.2, 0) is 25.6 Å². The molecule has 0 radical (unpaired) electrons. The van der Waals surface area contributed by atoms with Crippen molar-refractivity contribution in [3.8, 4) is 0 Å². The number of halogens is 1. The topological polar surface area (TPSA) is 81.8 Å². The van der Waals surface area contributed by atoms with Gasteiger partial charge in [0.1, 0.15) is 17.6 Å². The van der Waals surface area contributed by atoms with Gasteiger partial charge in [0.25, 0.3) is 0 Å². The number of carboxylic acid groups (broad SMARTS) is 1. The first kappa shape index (κ1) is 20.5. The molecule has 0 spiro atoms. The summed E-state index contributed by atoms with van der Waals surface area (Å²) in [4.78, 5) is 11.7. The Morgan fingerprint density at radius 2 is 2.14 bits per heavy atom. The van der Waals surface area contributed by atoms with Crippen LogP contribution in [0.5, 0.6) is 0 Å². The predicted octanol–water partition coefficient (Wildman–Crippen LogP) is 4.76. The van der Waals surface area contributed by atoms with Crippen LogP contribution in [0.1, 0.15) is 24.6 Å². The molecule has 148 valence electrons. The molecule has 28 heavy (non-hydrogen) atoms. The van der Waals surface area contributed by atoms with Crippen LogP contribution < -0.4 is 0 Å². The van der Waals surface area contributed by atoms with E-state index in [4.69, 9.17) is 25.6 Å². The molecule has 2 aromatic rings. The highest BCUT2D eigenvalue weighted by Crippen LogP contribution is 2.39. The van der Waals surface area contributed by atoms with Gasteiger partial charge in [0.05, 0.1) is 5.69 Å². The molecule has 1 heterocycles. The molecule has 1 aliphatic rings. The number of methoxy groups -OCH3 is 1. The quantitative estimate of drug-likeness (QED) is 0.615. The minimum Gasteiger partial charge on any atom is -0.478 e. The molecule has 0 amide bonds. The zero-order chi connectivity index (χ0) is 20.1. The number of nitrogens with zero attached hydrogens (tertiary/aromatic N) is 1. The number of allylic oxidation sites excluding steroid dienone is 1. The third-order valence-corrected chi connectivity index (χ3v) is 5.79. The molecule has 0 aliphatic heterocycles. The fourth-order valence-corrected chi connectivity index (χ4v) is 3.77.